The summed E-state index contributed by atoms with van der Waals surface area (Å²) in [5.74, 6) is 6.07. The van der Waals surface area contributed by atoms with Crippen molar-refractivity contribution in [3.63, 3.8) is 0 Å². The molecule has 0 spiro atoms. The molecule has 0 heterocycles. The molecule has 4 nitrogen and oxygen atoms in total. The number of nitrogens with zero attached hydrogens (tertiary/aromatic N) is 2. The Morgan fingerprint density at radius 3 is 2.38 bits per heavy atom. The van der Waals surface area contributed by atoms with Crippen LogP contribution < -0.4 is 5.73 Å². The summed E-state index contributed by atoms with van der Waals surface area (Å²) in [5.41, 5.74) is 7.86. The third-order valence-electron chi connectivity index (χ3n) is 3.82. The smallest absolute Gasteiger partial charge is 0.272 e. The molecule has 2 rings (SSSR count). The highest BCUT2D eigenvalue weighted by Crippen LogP contribution is 2.04. The molecule has 0 fully saturated rings. The van der Waals surface area contributed by atoms with E-state index in [4.69, 9.17) is 5.73 Å². The van der Waals surface area contributed by atoms with Crippen LogP contribution in [0.2, 0.25) is 0 Å². The normalized spacial score (nSPS) is 12.3. The maximum atomic E-state index is 12.0. The molecule has 0 aliphatic heterocycles. The van der Waals surface area contributed by atoms with E-state index in [0.717, 1.165) is 17.5 Å². The van der Waals surface area contributed by atoms with Crippen LogP contribution in [-0.4, -0.2) is 29.9 Å². The molecule has 2 aromatic carbocycles. The molecule has 2 aromatic rings. The van der Waals surface area contributed by atoms with Crippen LogP contribution in [0.3, 0.4) is 0 Å². The Balaban J connectivity index is 2.05. The molecule has 0 radical (unpaired) electrons. The van der Waals surface area contributed by atoms with Gasteiger partial charge in [0.15, 0.2) is 5.96 Å². The Morgan fingerprint density at radius 1 is 1.15 bits per heavy atom. The number of carbonyl (C=O) groups excluding carboxylic acids is 1. The number of guanidine groups is 1. The Bertz CT molecular complexity index is 830. The Hall–Kier alpha value is -3.32. The maximum absolute atomic E-state index is 12.0. The van der Waals surface area contributed by atoms with Gasteiger partial charge in [-0.05, 0) is 30.2 Å². The largest absolute Gasteiger partial charge is 0.369 e. The maximum Gasteiger partial charge on any atom is 0.272 e. The summed E-state index contributed by atoms with van der Waals surface area (Å²) < 4.78 is 0. The highest BCUT2D eigenvalue weighted by molar-refractivity contribution is 6.00. The zero-order valence-corrected chi connectivity index (χ0v) is 15.1. The first kappa shape index (κ1) is 19.0. The average Bonchev–Trinajstić information content (AvgIpc) is 2.68. The number of carbonyl (C=O) groups is 1. The van der Waals surface area contributed by atoms with E-state index in [1.807, 2.05) is 67.6 Å². The molecule has 1 amide bonds. The van der Waals surface area contributed by atoms with E-state index >= 15 is 0 Å². The van der Waals surface area contributed by atoms with Crippen molar-refractivity contribution in [2.45, 2.75) is 19.4 Å². The number of benzene rings is 2. The van der Waals surface area contributed by atoms with Crippen LogP contribution in [0, 0.1) is 11.8 Å². The van der Waals surface area contributed by atoms with E-state index in [1.165, 1.54) is 6.08 Å². The zero-order chi connectivity index (χ0) is 18.8. The van der Waals surface area contributed by atoms with Crippen molar-refractivity contribution in [3.05, 3.63) is 77.9 Å². The lowest BCUT2D eigenvalue weighted by molar-refractivity contribution is -0.113. The fourth-order valence-electron chi connectivity index (χ4n) is 2.28. The number of hydrogen-bond acceptors (Lipinski definition) is 1. The SMILES string of the molecule is CCC(C#Cc1ccccc1)N(C)C(N)=NC(=O)/C=C/c1ccccc1. The highest BCUT2D eigenvalue weighted by atomic mass is 16.1. The monoisotopic (exact) mass is 345 g/mol. The van der Waals surface area contributed by atoms with Crippen molar-refractivity contribution >= 4 is 17.9 Å². The number of rotatable bonds is 4. The van der Waals surface area contributed by atoms with Crippen molar-refractivity contribution in [2.75, 3.05) is 7.05 Å². The molecule has 1 unspecified atom stereocenters. The van der Waals surface area contributed by atoms with E-state index in [-0.39, 0.29) is 12.0 Å². The quantitative estimate of drug-likeness (QED) is 0.400. The van der Waals surface area contributed by atoms with Gasteiger partial charge in [0.1, 0.15) is 0 Å². The van der Waals surface area contributed by atoms with Crippen LogP contribution in [-0.2, 0) is 4.79 Å². The molecule has 132 valence electrons. The molecule has 2 N–H and O–H groups in total. The molecule has 0 aliphatic rings. The van der Waals surface area contributed by atoms with Gasteiger partial charge in [0.05, 0.1) is 6.04 Å². The van der Waals surface area contributed by atoms with E-state index in [9.17, 15) is 4.79 Å². The molecule has 26 heavy (non-hydrogen) atoms. The summed E-state index contributed by atoms with van der Waals surface area (Å²) >= 11 is 0. The van der Waals surface area contributed by atoms with Gasteiger partial charge in [0.2, 0.25) is 0 Å². The van der Waals surface area contributed by atoms with Crippen molar-refractivity contribution in [3.8, 4) is 11.8 Å². The summed E-state index contributed by atoms with van der Waals surface area (Å²) in [4.78, 5) is 17.7. The lowest BCUT2D eigenvalue weighted by atomic mass is 10.1. The summed E-state index contributed by atoms with van der Waals surface area (Å²) in [6, 6.07) is 19.2. The van der Waals surface area contributed by atoms with Crippen LogP contribution in [0.15, 0.2) is 71.7 Å². The zero-order valence-electron chi connectivity index (χ0n) is 15.1. The molecule has 0 aliphatic carbocycles. The second kappa shape index (κ2) is 9.85. The number of aliphatic imine (C=N–C) groups is 1. The Kier molecular flexibility index (Phi) is 7.20. The average molecular weight is 345 g/mol. The minimum absolute atomic E-state index is 0.121. The van der Waals surface area contributed by atoms with Crippen molar-refractivity contribution < 1.29 is 4.79 Å². The van der Waals surface area contributed by atoms with Gasteiger partial charge in [-0.2, -0.15) is 4.99 Å². The standard InChI is InChI=1S/C22H23N3O/c1-3-20(16-14-18-10-6-4-7-11-18)25(2)22(23)24-21(26)17-15-19-12-8-5-9-13-19/h4-13,15,17,20H,3H2,1-2H3,(H2,23,24,26)/b17-15+. The summed E-state index contributed by atoms with van der Waals surface area (Å²) in [6.45, 7) is 2.02. The molecule has 4 heteroatoms. The van der Waals surface area contributed by atoms with Crippen LogP contribution in [0.5, 0.6) is 0 Å². The van der Waals surface area contributed by atoms with Gasteiger partial charge in [-0.1, -0.05) is 67.3 Å². The van der Waals surface area contributed by atoms with Gasteiger partial charge in [0, 0.05) is 18.7 Å². The van der Waals surface area contributed by atoms with Crippen LogP contribution >= 0.6 is 0 Å². The number of nitrogens with two attached hydrogens (primary N) is 1. The fourth-order valence-corrected chi connectivity index (χ4v) is 2.28. The molecule has 0 saturated heterocycles. The van der Waals surface area contributed by atoms with Gasteiger partial charge < -0.3 is 10.6 Å². The predicted octanol–water partition coefficient (Wildman–Crippen LogP) is 3.30. The van der Waals surface area contributed by atoms with Gasteiger partial charge in [-0.3, -0.25) is 4.79 Å². The molecule has 0 aromatic heterocycles. The lowest BCUT2D eigenvalue weighted by Crippen LogP contribution is -2.41. The van der Waals surface area contributed by atoms with Crippen molar-refractivity contribution in [2.24, 2.45) is 10.7 Å². The van der Waals surface area contributed by atoms with E-state index < -0.39 is 5.91 Å². The molecule has 1 atom stereocenters. The van der Waals surface area contributed by atoms with Crippen molar-refractivity contribution in [1.82, 2.24) is 4.90 Å². The Morgan fingerprint density at radius 2 is 1.77 bits per heavy atom. The number of hydrogen-bond donors (Lipinski definition) is 1. The van der Waals surface area contributed by atoms with Gasteiger partial charge in [-0.15, -0.1) is 0 Å². The first-order chi connectivity index (χ1) is 12.6. The van der Waals surface area contributed by atoms with Gasteiger partial charge in [-0.25, -0.2) is 0 Å². The van der Waals surface area contributed by atoms with Gasteiger partial charge >= 0.3 is 0 Å². The van der Waals surface area contributed by atoms with Crippen LogP contribution in [0.25, 0.3) is 6.08 Å². The molecule has 0 bridgehead atoms. The van der Waals surface area contributed by atoms with E-state index in [0.29, 0.717) is 0 Å². The topological polar surface area (TPSA) is 58.7 Å². The third kappa shape index (κ3) is 5.95. The fraction of sp³-hybridized carbons (Fsp3) is 0.182. The molecular formula is C22H23N3O. The third-order valence-corrected chi connectivity index (χ3v) is 3.82. The van der Waals surface area contributed by atoms with E-state index in [1.54, 1.807) is 18.0 Å². The molecular weight excluding hydrogens is 322 g/mol. The second-order valence-corrected chi connectivity index (χ2v) is 5.72. The Labute approximate surface area is 155 Å². The lowest BCUT2D eigenvalue weighted by Gasteiger charge is -2.23. The summed E-state index contributed by atoms with van der Waals surface area (Å²) in [5, 5.41) is 0. The molecule has 0 saturated carbocycles. The first-order valence-corrected chi connectivity index (χ1v) is 8.51. The van der Waals surface area contributed by atoms with E-state index in [2.05, 4.69) is 16.8 Å². The number of amides is 1. The van der Waals surface area contributed by atoms with Crippen molar-refractivity contribution in [1.29, 1.82) is 0 Å². The van der Waals surface area contributed by atoms with Gasteiger partial charge in [0.25, 0.3) is 5.91 Å². The highest BCUT2D eigenvalue weighted by Gasteiger charge is 2.12. The minimum Gasteiger partial charge on any atom is -0.369 e. The minimum atomic E-state index is -0.399. The summed E-state index contributed by atoms with van der Waals surface area (Å²) in [7, 11) is 1.79. The second-order valence-electron chi connectivity index (χ2n) is 5.72. The van der Waals surface area contributed by atoms with Crippen LogP contribution in [0.4, 0.5) is 0 Å². The first-order valence-electron chi connectivity index (χ1n) is 8.51. The van der Waals surface area contributed by atoms with Crippen LogP contribution in [0.1, 0.15) is 24.5 Å². The summed E-state index contributed by atoms with van der Waals surface area (Å²) in [6.07, 6.45) is 3.89. The predicted molar refractivity (Wildman–Crippen MR) is 107 cm³/mol.